The summed E-state index contributed by atoms with van der Waals surface area (Å²) in [5.41, 5.74) is 1.23. The van der Waals surface area contributed by atoms with E-state index in [1.54, 1.807) is 0 Å². The topological polar surface area (TPSA) is 12.0 Å². The first kappa shape index (κ1) is 12.8. The van der Waals surface area contributed by atoms with Crippen molar-refractivity contribution in [3.8, 4) is 0 Å². The van der Waals surface area contributed by atoms with E-state index in [1.165, 1.54) is 5.56 Å². The summed E-state index contributed by atoms with van der Waals surface area (Å²) in [6.07, 6.45) is 2.12. The summed E-state index contributed by atoms with van der Waals surface area (Å²) in [7, 11) is 0. The minimum Gasteiger partial charge on any atom is -0.314 e. The fourth-order valence-corrected chi connectivity index (χ4v) is 1.92. The monoisotopic (exact) mass is 245 g/mol. The fraction of sp³-hybridized carbons (Fsp3) is 0.500. The molecule has 1 aromatic rings. The third-order valence-corrected chi connectivity index (χ3v) is 3.19. The molecule has 1 atom stereocenters. The molecular weight excluding hydrogens is 229 g/mol. The molecule has 0 amide bonds. The molecular formula is C12H17Cl2N. The summed E-state index contributed by atoms with van der Waals surface area (Å²) in [6, 6.07) is 6.36. The van der Waals surface area contributed by atoms with Crippen LogP contribution in [-0.4, -0.2) is 12.6 Å². The van der Waals surface area contributed by atoms with Gasteiger partial charge in [-0.2, -0.15) is 0 Å². The molecule has 1 N–H and O–H groups in total. The van der Waals surface area contributed by atoms with Gasteiger partial charge in [0.05, 0.1) is 10.0 Å². The molecule has 0 aliphatic carbocycles. The Kier molecular flexibility index (Phi) is 5.44. The third kappa shape index (κ3) is 4.02. The van der Waals surface area contributed by atoms with E-state index in [2.05, 4.69) is 19.2 Å². The van der Waals surface area contributed by atoms with Crippen molar-refractivity contribution < 1.29 is 0 Å². The largest absolute Gasteiger partial charge is 0.314 e. The average molecular weight is 246 g/mol. The van der Waals surface area contributed by atoms with Crippen LogP contribution in [0.1, 0.15) is 25.8 Å². The van der Waals surface area contributed by atoms with Gasteiger partial charge in [0, 0.05) is 6.04 Å². The molecule has 0 aromatic heterocycles. The lowest BCUT2D eigenvalue weighted by molar-refractivity contribution is 0.510. The molecule has 1 rings (SSSR count). The van der Waals surface area contributed by atoms with Gasteiger partial charge in [-0.25, -0.2) is 0 Å². The van der Waals surface area contributed by atoms with Crippen molar-refractivity contribution in [2.75, 3.05) is 6.54 Å². The fourth-order valence-electron chi connectivity index (χ4n) is 1.60. The highest BCUT2D eigenvalue weighted by molar-refractivity contribution is 6.42. The Morgan fingerprint density at radius 3 is 2.47 bits per heavy atom. The lowest BCUT2D eigenvalue weighted by Gasteiger charge is -2.15. The van der Waals surface area contributed by atoms with E-state index in [4.69, 9.17) is 23.2 Å². The Bertz CT molecular complexity index is 312. The van der Waals surface area contributed by atoms with Gasteiger partial charge in [-0.05, 0) is 37.1 Å². The van der Waals surface area contributed by atoms with Crippen LogP contribution in [0.25, 0.3) is 0 Å². The lowest BCUT2D eigenvalue weighted by Crippen LogP contribution is -2.30. The molecule has 0 radical (unpaired) electrons. The van der Waals surface area contributed by atoms with Crippen LogP contribution >= 0.6 is 23.2 Å². The van der Waals surface area contributed by atoms with Crippen LogP contribution in [0, 0.1) is 0 Å². The van der Waals surface area contributed by atoms with Gasteiger partial charge in [0.2, 0.25) is 0 Å². The van der Waals surface area contributed by atoms with E-state index in [1.807, 2.05) is 18.2 Å². The Labute approximate surface area is 102 Å². The second-order valence-corrected chi connectivity index (χ2v) is 4.43. The lowest BCUT2D eigenvalue weighted by atomic mass is 10.0. The smallest absolute Gasteiger partial charge is 0.0595 e. The van der Waals surface area contributed by atoms with E-state index in [-0.39, 0.29) is 0 Å². The van der Waals surface area contributed by atoms with E-state index in [9.17, 15) is 0 Å². The molecule has 0 fully saturated rings. The van der Waals surface area contributed by atoms with Crippen molar-refractivity contribution in [2.45, 2.75) is 32.7 Å². The highest BCUT2D eigenvalue weighted by Crippen LogP contribution is 2.23. The van der Waals surface area contributed by atoms with Gasteiger partial charge in [0.1, 0.15) is 0 Å². The number of hydrogen-bond acceptors (Lipinski definition) is 1. The van der Waals surface area contributed by atoms with Gasteiger partial charge >= 0.3 is 0 Å². The maximum Gasteiger partial charge on any atom is 0.0595 e. The van der Waals surface area contributed by atoms with E-state index >= 15 is 0 Å². The second-order valence-electron chi connectivity index (χ2n) is 3.62. The summed E-state index contributed by atoms with van der Waals surface area (Å²) in [6.45, 7) is 5.31. The Hall–Kier alpha value is -0.240. The molecule has 0 aliphatic heterocycles. The minimum atomic E-state index is 0.521. The summed E-state index contributed by atoms with van der Waals surface area (Å²) < 4.78 is 0. The SMILES string of the molecule is CCNC(CC)Cc1ccc(Cl)c(Cl)c1. The normalized spacial score (nSPS) is 12.8. The van der Waals surface area contributed by atoms with Crippen LogP contribution in [-0.2, 0) is 6.42 Å². The van der Waals surface area contributed by atoms with E-state index in [0.717, 1.165) is 19.4 Å². The first-order valence-corrected chi connectivity index (χ1v) is 6.10. The molecule has 0 bridgehead atoms. The number of hydrogen-bond donors (Lipinski definition) is 1. The molecule has 84 valence electrons. The Morgan fingerprint density at radius 1 is 1.20 bits per heavy atom. The van der Waals surface area contributed by atoms with Crippen LogP contribution in [0.5, 0.6) is 0 Å². The van der Waals surface area contributed by atoms with Crippen molar-refractivity contribution in [3.63, 3.8) is 0 Å². The molecule has 3 heteroatoms. The molecule has 0 saturated carbocycles. The first-order chi connectivity index (χ1) is 7.17. The second kappa shape index (κ2) is 6.37. The molecule has 0 saturated heterocycles. The maximum absolute atomic E-state index is 5.97. The van der Waals surface area contributed by atoms with Crippen molar-refractivity contribution >= 4 is 23.2 Å². The quantitative estimate of drug-likeness (QED) is 0.830. The van der Waals surface area contributed by atoms with Crippen molar-refractivity contribution in [1.29, 1.82) is 0 Å². The zero-order valence-corrected chi connectivity index (χ0v) is 10.7. The predicted octanol–water partition coefficient (Wildman–Crippen LogP) is 3.92. The zero-order valence-electron chi connectivity index (χ0n) is 9.19. The van der Waals surface area contributed by atoms with Crippen molar-refractivity contribution in [2.24, 2.45) is 0 Å². The number of nitrogens with one attached hydrogen (secondary N) is 1. The Balaban J connectivity index is 2.66. The standard InChI is InChI=1S/C12H17Cl2N/c1-3-10(15-4-2)7-9-5-6-11(13)12(14)8-9/h5-6,8,10,15H,3-4,7H2,1-2H3. The number of rotatable bonds is 5. The van der Waals surface area contributed by atoms with Crippen LogP contribution in [0.15, 0.2) is 18.2 Å². The van der Waals surface area contributed by atoms with E-state index in [0.29, 0.717) is 16.1 Å². The van der Waals surface area contributed by atoms with Crippen LogP contribution in [0.4, 0.5) is 0 Å². The number of halogens is 2. The molecule has 0 aliphatic rings. The maximum atomic E-state index is 5.97. The van der Waals surface area contributed by atoms with Gasteiger partial charge < -0.3 is 5.32 Å². The number of benzene rings is 1. The Morgan fingerprint density at radius 2 is 1.93 bits per heavy atom. The summed E-state index contributed by atoms with van der Waals surface area (Å²) in [4.78, 5) is 0. The van der Waals surface area contributed by atoms with Gasteiger partial charge in [0.25, 0.3) is 0 Å². The molecule has 1 aromatic carbocycles. The van der Waals surface area contributed by atoms with Crippen LogP contribution in [0.3, 0.4) is 0 Å². The molecule has 0 heterocycles. The predicted molar refractivity (Wildman–Crippen MR) is 67.9 cm³/mol. The minimum absolute atomic E-state index is 0.521. The van der Waals surface area contributed by atoms with Gasteiger partial charge in [-0.3, -0.25) is 0 Å². The van der Waals surface area contributed by atoms with Crippen LogP contribution in [0.2, 0.25) is 10.0 Å². The molecule has 1 nitrogen and oxygen atoms in total. The summed E-state index contributed by atoms with van der Waals surface area (Å²) in [5, 5.41) is 4.70. The molecule has 1 unspecified atom stereocenters. The van der Waals surface area contributed by atoms with E-state index < -0.39 is 0 Å². The molecule has 15 heavy (non-hydrogen) atoms. The summed E-state index contributed by atoms with van der Waals surface area (Å²) >= 11 is 11.8. The van der Waals surface area contributed by atoms with Crippen molar-refractivity contribution in [3.05, 3.63) is 33.8 Å². The third-order valence-electron chi connectivity index (χ3n) is 2.45. The highest BCUT2D eigenvalue weighted by atomic mass is 35.5. The van der Waals surface area contributed by atoms with Crippen molar-refractivity contribution in [1.82, 2.24) is 5.32 Å². The molecule has 0 spiro atoms. The van der Waals surface area contributed by atoms with Gasteiger partial charge in [-0.1, -0.05) is 43.1 Å². The van der Waals surface area contributed by atoms with Gasteiger partial charge in [0.15, 0.2) is 0 Å². The average Bonchev–Trinajstić information content (AvgIpc) is 2.23. The highest BCUT2D eigenvalue weighted by Gasteiger charge is 2.06. The zero-order chi connectivity index (χ0) is 11.3. The summed E-state index contributed by atoms with van der Waals surface area (Å²) in [5.74, 6) is 0. The van der Waals surface area contributed by atoms with Gasteiger partial charge in [-0.15, -0.1) is 0 Å². The first-order valence-electron chi connectivity index (χ1n) is 5.34. The number of likely N-dealkylation sites (N-methyl/N-ethyl adjacent to an activating group) is 1. The van der Waals surface area contributed by atoms with Crippen LogP contribution < -0.4 is 5.32 Å².